The second-order valence-corrected chi connectivity index (χ2v) is 7.37. The maximum absolute atomic E-state index is 6.31. The molecule has 3 rings (SSSR count). The molecule has 0 saturated carbocycles. The molecule has 1 heterocycles. The number of nitrogens with zero attached hydrogens (tertiary/aromatic N) is 1. The van der Waals surface area contributed by atoms with Gasteiger partial charge in [-0.3, -0.25) is 0 Å². The minimum atomic E-state index is 0.0268. The van der Waals surface area contributed by atoms with Gasteiger partial charge in [0.25, 0.3) is 0 Å². The number of rotatable bonds is 6. The number of ether oxygens (including phenoxy) is 2. The molecule has 0 bridgehead atoms. The van der Waals surface area contributed by atoms with Gasteiger partial charge in [-0.25, -0.2) is 0 Å². The van der Waals surface area contributed by atoms with Gasteiger partial charge in [0, 0.05) is 31.0 Å². The summed E-state index contributed by atoms with van der Waals surface area (Å²) in [5, 5.41) is 4.47. The fraction of sp³-hybridized carbons (Fsp3) is 0.400. The quantitative estimate of drug-likeness (QED) is 0.726. The van der Waals surface area contributed by atoms with E-state index in [4.69, 9.17) is 32.7 Å². The molecule has 0 radical (unpaired) electrons. The Bertz CT molecular complexity index is 706. The van der Waals surface area contributed by atoms with Gasteiger partial charge in [-0.05, 0) is 55.8 Å². The van der Waals surface area contributed by atoms with E-state index in [0.717, 1.165) is 37.6 Å². The molecule has 0 atom stereocenters. The van der Waals surface area contributed by atoms with Crippen molar-refractivity contribution in [3.05, 3.63) is 52.0 Å². The van der Waals surface area contributed by atoms with E-state index in [9.17, 15) is 0 Å². The molecule has 1 aliphatic heterocycles. The van der Waals surface area contributed by atoms with Gasteiger partial charge in [-0.1, -0.05) is 23.2 Å². The van der Waals surface area contributed by atoms with Gasteiger partial charge in [0.1, 0.15) is 0 Å². The molecule has 2 aromatic carbocycles. The highest BCUT2D eigenvalue weighted by Gasteiger charge is 2.12. The second kappa shape index (κ2) is 8.85. The first-order valence-corrected chi connectivity index (χ1v) is 9.60. The van der Waals surface area contributed by atoms with Crippen LogP contribution in [0.15, 0.2) is 36.4 Å². The number of hydrogen-bond donors (Lipinski definition) is 1. The highest BCUT2D eigenvalue weighted by Crippen LogP contribution is 2.35. The Morgan fingerprint density at radius 1 is 1.08 bits per heavy atom. The molecule has 0 aromatic heterocycles. The van der Waals surface area contributed by atoms with Crippen LogP contribution in [-0.2, 0) is 11.3 Å². The minimum Gasteiger partial charge on any atom is -0.488 e. The van der Waals surface area contributed by atoms with E-state index in [-0.39, 0.29) is 6.10 Å². The third-order valence-corrected chi connectivity index (χ3v) is 4.71. The monoisotopic (exact) mass is 394 g/mol. The fourth-order valence-electron chi connectivity index (χ4n) is 2.88. The van der Waals surface area contributed by atoms with Crippen LogP contribution in [0, 0.1) is 0 Å². The number of anilines is 2. The average molecular weight is 395 g/mol. The van der Waals surface area contributed by atoms with Gasteiger partial charge in [0.2, 0.25) is 0 Å². The van der Waals surface area contributed by atoms with E-state index in [1.807, 2.05) is 26.0 Å². The van der Waals surface area contributed by atoms with Crippen LogP contribution in [0.25, 0.3) is 0 Å². The number of benzene rings is 2. The maximum atomic E-state index is 6.31. The maximum Gasteiger partial charge on any atom is 0.156 e. The zero-order chi connectivity index (χ0) is 18.5. The van der Waals surface area contributed by atoms with E-state index < -0.39 is 0 Å². The van der Waals surface area contributed by atoms with Crippen molar-refractivity contribution in [3.8, 4) is 5.75 Å². The second-order valence-electron chi connectivity index (χ2n) is 6.56. The smallest absolute Gasteiger partial charge is 0.156 e. The zero-order valence-corrected chi connectivity index (χ0v) is 16.6. The van der Waals surface area contributed by atoms with Crippen LogP contribution in [0.4, 0.5) is 11.4 Å². The lowest BCUT2D eigenvalue weighted by molar-refractivity contribution is 0.122. The normalized spacial score (nSPS) is 14.6. The van der Waals surface area contributed by atoms with Crippen molar-refractivity contribution in [1.29, 1.82) is 0 Å². The van der Waals surface area contributed by atoms with Gasteiger partial charge in [-0.15, -0.1) is 0 Å². The Hall–Kier alpha value is -1.62. The molecule has 1 aliphatic rings. The predicted octanol–water partition coefficient (Wildman–Crippen LogP) is 5.23. The first kappa shape index (κ1) is 19.2. The van der Waals surface area contributed by atoms with Crippen LogP contribution >= 0.6 is 23.2 Å². The molecule has 1 N–H and O–H groups in total. The first-order chi connectivity index (χ1) is 12.5. The number of hydrogen-bond acceptors (Lipinski definition) is 4. The number of nitrogens with one attached hydrogen (secondary N) is 1. The van der Waals surface area contributed by atoms with Crippen molar-refractivity contribution in [3.63, 3.8) is 0 Å². The number of morpholine rings is 1. The predicted molar refractivity (Wildman–Crippen MR) is 109 cm³/mol. The Morgan fingerprint density at radius 2 is 1.69 bits per heavy atom. The molecular formula is C20H24Cl2N2O2. The summed E-state index contributed by atoms with van der Waals surface area (Å²) < 4.78 is 11.1. The van der Waals surface area contributed by atoms with Gasteiger partial charge < -0.3 is 19.7 Å². The van der Waals surface area contributed by atoms with E-state index in [1.165, 1.54) is 5.69 Å². The molecule has 0 spiro atoms. The lowest BCUT2D eigenvalue weighted by Gasteiger charge is -2.29. The molecule has 0 aliphatic carbocycles. The molecule has 26 heavy (non-hydrogen) atoms. The highest BCUT2D eigenvalue weighted by molar-refractivity contribution is 6.37. The Balaban J connectivity index is 1.61. The van der Waals surface area contributed by atoms with Crippen LogP contribution < -0.4 is 15.0 Å². The Labute approximate surface area is 165 Å². The number of halogens is 2. The van der Waals surface area contributed by atoms with Crippen molar-refractivity contribution >= 4 is 34.6 Å². The third kappa shape index (κ3) is 4.97. The summed E-state index contributed by atoms with van der Waals surface area (Å²) in [7, 11) is 0. The summed E-state index contributed by atoms with van der Waals surface area (Å²) in [5.74, 6) is 0.543. The summed E-state index contributed by atoms with van der Waals surface area (Å²) in [6.07, 6.45) is 0.0268. The summed E-state index contributed by atoms with van der Waals surface area (Å²) >= 11 is 12.6. The van der Waals surface area contributed by atoms with E-state index >= 15 is 0 Å². The van der Waals surface area contributed by atoms with E-state index in [0.29, 0.717) is 22.3 Å². The van der Waals surface area contributed by atoms with Crippen LogP contribution in [0.2, 0.25) is 10.0 Å². The van der Waals surface area contributed by atoms with Crippen molar-refractivity contribution in [2.45, 2.75) is 26.5 Å². The summed E-state index contributed by atoms with van der Waals surface area (Å²) in [4.78, 5) is 2.33. The molecular weight excluding hydrogens is 371 g/mol. The first-order valence-electron chi connectivity index (χ1n) is 8.84. The highest BCUT2D eigenvalue weighted by atomic mass is 35.5. The molecule has 140 valence electrons. The minimum absolute atomic E-state index is 0.0268. The molecule has 6 heteroatoms. The summed E-state index contributed by atoms with van der Waals surface area (Å²) in [6, 6.07) is 12.2. The largest absolute Gasteiger partial charge is 0.488 e. The van der Waals surface area contributed by atoms with Crippen LogP contribution in [0.3, 0.4) is 0 Å². The Morgan fingerprint density at radius 3 is 2.27 bits per heavy atom. The van der Waals surface area contributed by atoms with Gasteiger partial charge in [0.15, 0.2) is 5.75 Å². The van der Waals surface area contributed by atoms with Crippen LogP contribution in [0.1, 0.15) is 19.4 Å². The topological polar surface area (TPSA) is 33.7 Å². The third-order valence-electron chi connectivity index (χ3n) is 4.15. The average Bonchev–Trinajstić information content (AvgIpc) is 2.64. The van der Waals surface area contributed by atoms with E-state index in [2.05, 4.69) is 34.5 Å². The molecule has 0 amide bonds. The van der Waals surface area contributed by atoms with Gasteiger partial charge >= 0.3 is 0 Å². The van der Waals surface area contributed by atoms with Crippen LogP contribution in [-0.4, -0.2) is 32.4 Å². The molecule has 4 nitrogen and oxygen atoms in total. The van der Waals surface area contributed by atoms with Crippen molar-refractivity contribution in [2.24, 2.45) is 0 Å². The standard InChI is InChI=1S/C20H24Cl2N2O2/c1-14(2)26-20-18(21)11-15(12-19(20)22)13-23-16-3-5-17(6-4-16)24-7-9-25-10-8-24/h3-6,11-12,14,23H,7-10,13H2,1-2H3. The zero-order valence-electron chi connectivity index (χ0n) is 15.1. The molecule has 2 aromatic rings. The van der Waals surface area contributed by atoms with Gasteiger partial charge in [0.05, 0.1) is 29.4 Å². The molecule has 1 saturated heterocycles. The lowest BCUT2D eigenvalue weighted by atomic mass is 10.2. The summed E-state index contributed by atoms with van der Waals surface area (Å²) in [5.41, 5.74) is 3.28. The molecule has 1 fully saturated rings. The van der Waals surface area contributed by atoms with E-state index in [1.54, 1.807) is 0 Å². The van der Waals surface area contributed by atoms with Gasteiger partial charge in [-0.2, -0.15) is 0 Å². The SMILES string of the molecule is CC(C)Oc1c(Cl)cc(CNc2ccc(N3CCOCC3)cc2)cc1Cl. The van der Waals surface area contributed by atoms with Crippen LogP contribution in [0.5, 0.6) is 5.75 Å². The Kier molecular flexibility index (Phi) is 6.52. The molecule has 0 unspecified atom stereocenters. The van der Waals surface area contributed by atoms with Crippen molar-refractivity contribution in [1.82, 2.24) is 0 Å². The fourth-order valence-corrected chi connectivity index (χ4v) is 3.50. The van der Waals surface area contributed by atoms with Crippen molar-refractivity contribution < 1.29 is 9.47 Å². The van der Waals surface area contributed by atoms with Crippen molar-refractivity contribution in [2.75, 3.05) is 36.5 Å². The summed E-state index contributed by atoms with van der Waals surface area (Å²) in [6.45, 7) is 7.99. The lowest BCUT2D eigenvalue weighted by Crippen LogP contribution is -2.36.